The van der Waals surface area contributed by atoms with Crippen LogP contribution in [0, 0.1) is 5.92 Å². The van der Waals surface area contributed by atoms with Crippen LogP contribution in [0.2, 0.25) is 5.02 Å². The Morgan fingerprint density at radius 1 is 1.09 bits per heavy atom. The number of hydrogen-bond donors (Lipinski definition) is 2. The zero-order valence-corrected chi connectivity index (χ0v) is 19.8. The first-order chi connectivity index (χ1) is 16.1. The third-order valence-corrected chi connectivity index (χ3v) is 6.93. The standard InChI is InChI=1S/C25H24ClN5OS/c1-16-10-13-31(14-11-16)20-8-4-18(5-9-20)23-28-21(17-2-6-19(26)7-3-17)22(29-23)24(32)30-25-27-12-15-33-25/h2-9,12,15-16H,10-11,13-14H2,1H3,(H,28,29)(H,27,30,32). The summed E-state index contributed by atoms with van der Waals surface area (Å²) in [5.74, 6) is 1.13. The van der Waals surface area contributed by atoms with Crippen molar-refractivity contribution in [1.82, 2.24) is 15.0 Å². The Morgan fingerprint density at radius 2 is 1.79 bits per heavy atom. The highest BCUT2D eigenvalue weighted by molar-refractivity contribution is 7.13. The number of benzene rings is 2. The number of nitrogens with one attached hydrogen (secondary N) is 2. The molecule has 1 fully saturated rings. The van der Waals surface area contributed by atoms with Gasteiger partial charge in [0.25, 0.3) is 5.91 Å². The minimum Gasteiger partial charge on any atom is -0.372 e. The van der Waals surface area contributed by atoms with E-state index in [1.54, 1.807) is 18.3 Å². The van der Waals surface area contributed by atoms with Crippen LogP contribution in [-0.4, -0.2) is 33.9 Å². The van der Waals surface area contributed by atoms with Gasteiger partial charge in [-0.3, -0.25) is 10.1 Å². The molecule has 2 aromatic heterocycles. The molecule has 6 nitrogen and oxygen atoms in total. The third kappa shape index (κ3) is 4.79. The molecular weight excluding hydrogens is 454 g/mol. The van der Waals surface area contributed by atoms with Gasteiger partial charge >= 0.3 is 0 Å². The SMILES string of the molecule is CC1CCN(c2ccc(-c3nc(C(=O)Nc4nccs4)c(-c4ccc(Cl)cc4)[nH]3)cc2)CC1. The largest absolute Gasteiger partial charge is 0.372 e. The number of nitrogens with zero attached hydrogens (tertiary/aromatic N) is 3. The monoisotopic (exact) mass is 477 g/mol. The zero-order valence-electron chi connectivity index (χ0n) is 18.2. The lowest BCUT2D eigenvalue weighted by molar-refractivity contribution is 0.102. The minimum atomic E-state index is -0.309. The Kier molecular flexibility index (Phi) is 6.15. The molecule has 0 atom stereocenters. The van der Waals surface area contributed by atoms with E-state index in [1.807, 2.05) is 17.5 Å². The maximum atomic E-state index is 13.0. The Hall–Kier alpha value is -3.16. The summed E-state index contributed by atoms with van der Waals surface area (Å²) in [5.41, 5.74) is 3.94. The number of aromatic amines is 1. The number of anilines is 2. The molecule has 2 aromatic carbocycles. The van der Waals surface area contributed by atoms with Crippen LogP contribution in [0.1, 0.15) is 30.3 Å². The van der Waals surface area contributed by atoms with Gasteiger partial charge in [-0.05, 0) is 55.2 Å². The first kappa shape index (κ1) is 21.7. The molecule has 2 N–H and O–H groups in total. The van der Waals surface area contributed by atoms with Gasteiger partial charge in [0.05, 0.1) is 5.69 Å². The van der Waals surface area contributed by atoms with Crippen LogP contribution in [0.15, 0.2) is 60.1 Å². The maximum absolute atomic E-state index is 13.0. The van der Waals surface area contributed by atoms with Crippen LogP contribution in [0.4, 0.5) is 10.8 Å². The van der Waals surface area contributed by atoms with Gasteiger partial charge < -0.3 is 9.88 Å². The number of piperidine rings is 1. The second-order valence-electron chi connectivity index (χ2n) is 8.32. The first-order valence-corrected chi connectivity index (χ1v) is 12.2. The molecule has 4 aromatic rings. The molecule has 5 rings (SSSR count). The highest BCUT2D eigenvalue weighted by atomic mass is 35.5. The molecule has 0 aliphatic carbocycles. The van der Waals surface area contributed by atoms with E-state index in [0.29, 0.717) is 27.4 Å². The molecule has 8 heteroatoms. The molecule has 0 bridgehead atoms. The van der Waals surface area contributed by atoms with Gasteiger partial charge in [-0.1, -0.05) is 30.7 Å². The predicted octanol–water partition coefficient (Wildman–Crippen LogP) is 6.34. The summed E-state index contributed by atoms with van der Waals surface area (Å²) in [6.07, 6.45) is 4.10. The van der Waals surface area contributed by atoms with Gasteiger partial charge in [0.15, 0.2) is 10.8 Å². The number of carbonyl (C=O) groups excluding carboxylic acids is 1. The number of carbonyl (C=O) groups is 1. The van der Waals surface area contributed by atoms with Crippen molar-refractivity contribution in [1.29, 1.82) is 0 Å². The van der Waals surface area contributed by atoms with Gasteiger partial charge in [-0.2, -0.15) is 0 Å². The Morgan fingerprint density at radius 3 is 2.45 bits per heavy atom. The second-order valence-corrected chi connectivity index (χ2v) is 9.65. The van der Waals surface area contributed by atoms with E-state index in [1.165, 1.54) is 29.9 Å². The number of thiazole rings is 1. The van der Waals surface area contributed by atoms with E-state index < -0.39 is 0 Å². The van der Waals surface area contributed by atoms with E-state index in [0.717, 1.165) is 30.1 Å². The highest BCUT2D eigenvalue weighted by Crippen LogP contribution is 2.30. The summed E-state index contributed by atoms with van der Waals surface area (Å²) in [6, 6.07) is 15.7. The van der Waals surface area contributed by atoms with E-state index in [-0.39, 0.29) is 5.91 Å². The van der Waals surface area contributed by atoms with Crippen molar-refractivity contribution in [2.24, 2.45) is 5.92 Å². The van der Waals surface area contributed by atoms with E-state index >= 15 is 0 Å². The van der Waals surface area contributed by atoms with Crippen molar-refractivity contribution in [2.75, 3.05) is 23.3 Å². The lowest BCUT2D eigenvalue weighted by Gasteiger charge is -2.32. The lowest BCUT2D eigenvalue weighted by Crippen LogP contribution is -2.32. The molecule has 0 radical (unpaired) electrons. The van der Waals surface area contributed by atoms with Crippen LogP contribution in [-0.2, 0) is 0 Å². The average molecular weight is 478 g/mol. The number of amides is 1. The fourth-order valence-electron chi connectivity index (χ4n) is 4.04. The number of rotatable bonds is 5. The average Bonchev–Trinajstić information content (AvgIpc) is 3.51. The van der Waals surface area contributed by atoms with Gasteiger partial charge in [0, 0.05) is 46.5 Å². The topological polar surface area (TPSA) is 73.9 Å². The smallest absolute Gasteiger partial charge is 0.278 e. The molecule has 1 aliphatic rings. The summed E-state index contributed by atoms with van der Waals surface area (Å²) in [4.78, 5) is 27.6. The van der Waals surface area contributed by atoms with Gasteiger partial charge in [-0.25, -0.2) is 9.97 Å². The van der Waals surface area contributed by atoms with Crippen LogP contribution in [0.25, 0.3) is 22.6 Å². The molecule has 1 amide bonds. The van der Waals surface area contributed by atoms with Crippen LogP contribution >= 0.6 is 22.9 Å². The number of hydrogen-bond acceptors (Lipinski definition) is 5. The molecule has 0 saturated carbocycles. The fourth-order valence-corrected chi connectivity index (χ4v) is 4.69. The zero-order chi connectivity index (χ0) is 22.8. The van der Waals surface area contributed by atoms with E-state index in [4.69, 9.17) is 11.6 Å². The summed E-state index contributed by atoms with van der Waals surface area (Å²) in [7, 11) is 0. The third-order valence-electron chi connectivity index (χ3n) is 5.99. The Bertz CT molecular complexity index is 1230. The minimum absolute atomic E-state index is 0.309. The van der Waals surface area contributed by atoms with E-state index in [2.05, 4.69) is 56.4 Å². The normalized spacial score (nSPS) is 14.4. The summed E-state index contributed by atoms with van der Waals surface area (Å²) < 4.78 is 0. The number of aromatic nitrogens is 3. The number of imidazole rings is 1. The van der Waals surface area contributed by atoms with Crippen LogP contribution in [0.3, 0.4) is 0 Å². The van der Waals surface area contributed by atoms with Crippen molar-refractivity contribution in [3.05, 3.63) is 70.8 Å². The molecule has 1 saturated heterocycles. The molecule has 1 aliphatic heterocycles. The first-order valence-electron chi connectivity index (χ1n) is 11.0. The quantitative estimate of drug-likeness (QED) is 0.351. The Labute approximate surface area is 201 Å². The highest BCUT2D eigenvalue weighted by Gasteiger charge is 2.21. The van der Waals surface area contributed by atoms with Gasteiger partial charge in [0.2, 0.25) is 0 Å². The molecule has 0 unspecified atom stereocenters. The van der Waals surface area contributed by atoms with Crippen molar-refractivity contribution >= 4 is 39.7 Å². The summed E-state index contributed by atoms with van der Waals surface area (Å²) >= 11 is 7.43. The molecule has 33 heavy (non-hydrogen) atoms. The molecule has 3 heterocycles. The lowest BCUT2D eigenvalue weighted by atomic mass is 9.98. The number of H-pyrrole nitrogens is 1. The second kappa shape index (κ2) is 9.37. The van der Waals surface area contributed by atoms with Crippen molar-refractivity contribution in [3.63, 3.8) is 0 Å². The van der Waals surface area contributed by atoms with Crippen molar-refractivity contribution in [2.45, 2.75) is 19.8 Å². The van der Waals surface area contributed by atoms with Crippen LogP contribution < -0.4 is 10.2 Å². The van der Waals surface area contributed by atoms with Crippen molar-refractivity contribution in [3.8, 4) is 22.6 Å². The summed E-state index contributed by atoms with van der Waals surface area (Å²) in [6.45, 7) is 4.49. The fraction of sp³-hybridized carbons (Fsp3) is 0.240. The molecular formula is C25H24ClN5OS. The molecule has 168 valence electrons. The summed E-state index contributed by atoms with van der Waals surface area (Å²) in [5, 5.41) is 5.82. The van der Waals surface area contributed by atoms with Crippen LogP contribution in [0.5, 0.6) is 0 Å². The molecule has 0 spiro atoms. The van der Waals surface area contributed by atoms with Gasteiger partial charge in [0.1, 0.15) is 5.82 Å². The van der Waals surface area contributed by atoms with Crippen molar-refractivity contribution < 1.29 is 4.79 Å². The maximum Gasteiger partial charge on any atom is 0.278 e. The Balaban J connectivity index is 1.46. The predicted molar refractivity (Wildman–Crippen MR) is 135 cm³/mol. The van der Waals surface area contributed by atoms with E-state index in [9.17, 15) is 4.79 Å². The number of halogens is 1. The van der Waals surface area contributed by atoms with Gasteiger partial charge in [-0.15, -0.1) is 11.3 Å².